The van der Waals surface area contributed by atoms with Crippen molar-refractivity contribution in [3.05, 3.63) is 40.2 Å². The number of carbonyl (C=O) groups excluding carboxylic acids is 1. The summed E-state index contributed by atoms with van der Waals surface area (Å²) >= 11 is 2.65. The van der Waals surface area contributed by atoms with Crippen molar-refractivity contribution < 1.29 is 24.2 Å². The third-order valence-corrected chi connectivity index (χ3v) is 5.56. The summed E-state index contributed by atoms with van der Waals surface area (Å²) in [6.45, 7) is 3.65. The van der Waals surface area contributed by atoms with E-state index in [1.165, 1.54) is 34.9 Å². The van der Waals surface area contributed by atoms with Gasteiger partial charge in [0.2, 0.25) is 5.13 Å². The van der Waals surface area contributed by atoms with E-state index in [0.717, 1.165) is 5.56 Å². The fraction of sp³-hybridized carbons (Fsp3) is 0.263. The molecule has 2 aromatic rings. The highest BCUT2D eigenvalue weighted by molar-refractivity contribution is 8.18. The van der Waals surface area contributed by atoms with Crippen LogP contribution in [0, 0.1) is 0 Å². The van der Waals surface area contributed by atoms with Gasteiger partial charge in [0, 0.05) is 18.6 Å². The Hall–Kier alpha value is -2.85. The van der Waals surface area contributed by atoms with E-state index in [1.54, 1.807) is 37.5 Å². The molecular formula is C19H19N3O5S2. The minimum atomic E-state index is -1.07. The monoisotopic (exact) mass is 433 g/mol. The molecule has 8 nitrogen and oxygen atoms in total. The topological polar surface area (TPSA) is 101 Å². The Labute approximate surface area is 175 Å². The molecular weight excluding hydrogens is 414 g/mol. The summed E-state index contributed by atoms with van der Waals surface area (Å²) in [5.41, 5.74) is 0.725. The second-order valence-electron chi connectivity index (χ2n) is 5.92. The molecule has 1 saturated heterocycles. The molecule has 1 fully saturated rings. The van der Waals surface area contributed by atoms with Gasteiger partial charge in [0.1, 0.15) is 0 Å². The van der Waals surface area contributed by atoms with Gasteiger partial charge in [-0.3, -0.25) is 9.69 Å². The van der Waals surface area contributed by atoms with E-state index in [9.17, 15) is 9.59 Å². The van der Waals surface area contributed by atoms with Crippen molar-refractivity contribution in [2.75, 3.05) is 13.7 Å². The number of aliphatic imine (C=N–C) groups is 1. The lowest BCUT2D eigenvalue weighted by Crippen LogP contribution is -2.23. The number of benzene rings is 1. The third kappa shape index (κ3) is 4.96. The van der Waals surface area contributed by atoms with Crippen LogP contribution in [0.4, 0.5) is 5.13 Å². The molecule has 1 aromatic heterocycles. The van der Waals surface area contributed by atoms with E-state index in [2.05, 4.69) is 9.98 Å². The number of aliphatic carboxylic acids is 1. The highest BCUT2D eigenvalue weighted by Gasteiger charge is 2.30. The SMILES string of the molecule is CCOc1cc(/C=C2/S/C(=N/c3nccs3)N(C)C2=O)ccc1OC(C)C(=O)O. The molecule has 1 N–H and O–H groups in total. The lowest BCUT2D eigenvalue weighted by molar-refractivity contribution is -0.144. The van der Waals surface area contributed by atoms with Crippen LogP contribution in [0.1, 0.15) is 19.4 Å². The number of carbonyl (C=O) groups is 2. The van der Waals surface area contributed by atoms with Crippen LogP contribution in [0.3, 0.4) is 0 Å². The van der Waals surface area contributed by atoms with Gasteiger partial charge in [-0.2, -0.15) is 4.99 Å². The molecule has 2 heterocycles. The molecule has 0 radical (unpaired) electrons. The Balaban J connectivity index is 1.86. The van der Waals surface area contributed by atoms with Gasteiger partial charge >= 0.3 is 5.97 Å². The van der Waals surface area contributed by atoms with Gasteiger partial charge in [0.15, 0.2) is 22.8 Å². The second kappa shape index (κ2) is 9.10. The van der Waals surface area contributed by atoms with E-state index in [-0.39, 0.29) is 5.91 Å². The van der Waals surface area contributed by atoms with Crippen LogP contribution in [0.15, 0.2) is 39.7 Å². The van der Waals surface area contributed by atoms with Crippen LogP contribution in [0.2, 0.25) is 0 Å². The Morgan fingerprint density at radius 1 is 1.41 bits per heavy atom. The van der Waals surface area contributed by atoms with Crippen LogP contribution in [0.5, 0.6) is 11.5 Å². The van der Waals surface area contributed by atoms with Crippen molar-refractivity contribution in [2.24, 2.45) is 4.99 Å². The van der Waals surface area contributed by atoms with Crippen LogP contribution >= 0.6 is 23.1 Å². The fourth-order valence-electron chi connectivity index (χ4n) is 2.38. The van der Waals surface area contributed by atoms with Gasteiger partial charge in [-0.1, -0.05) is 6.07 Å². The van der Waals surface area contributed by atoms with Gasteiger partial charge in [-0.15, -0.1) is 11.3 Å². The summed E-state index contributed by atoms with van der Waals surface area (Å²) in [5.74, 6) is -0.488. The molecule has 3 rings (SSSR count). The number of amides is 1. The van der Waals surface area contributed by atoms with Gasteiger partial charge < -0.3 is 14.6 Å². The Morgan fingerprint density at radius 2 is 2.21 bits per heavy atom. The predicted octanol–water partition coefficient (Wildman–Crippen LogP) is 3.63. The molecule has 152 valence electrons. The smallest absolute Gasteiger partial charge is 0.344 e. The molecule has 1 aromatic carbocycles. The van der Waals surface area contributed by atoms with Crippen molar-refractivity contribution in [2.45, 2.75) is 20.0 Å². The molecule has 0 aliphatic carbocycles. The number of aromatic nitrogens is 1. The fourth-order valence-corrected chi connectivity index (χ4v) is 3.91. The Kier molecular flexibility index (Phi) is 6.55. The van der Waals surface area contributed by atoms with E-state index in [0.29, 0.717) is 33.3 Å². The molecule has 1 amide bonds. The predicted molar refractivity (Wildman–Crippen MR) is 113 cm³/mol. The quantitative estimate of drug-likeness (QED) is 0.665. The number of nitrogens with zero attached hydrogens (tertiary/aromatic N) is 3. The maximum atomic E-state index is 12.6. The zero-order valence-electron chi connectivity index (χ0n) is 16.0. The molecule has 1 atom stereocenters. The van der Waals surface area contributed by atoms with Gasteiger partial charge in [-0.05, 0) is 49.4 Å². The largest absolute Gasteiger partial charge is 0.490 e. The molecule has 0 bridgehead atoms. The summed E-state index contributed by atoms with van der Waals surface area (Å²) in [4.78, 5) is 34.1. The lowest BCUT2D eigenvalue weighted by atomic mass is 10.2. The number of thioether (sulfide) groups is 1. The zero-order chi connectivity index (χ0) is 21.0. The number of carboxylic acids is 1. The average molecular weight is 434 g/mol. The number of hydrogen-bond donors (Lipinski definition) is 1. The summed E-state index contributed by atoms with van der Waals surface area (Å²) in [6, 6.07) is 5.09. The Morgan fingerprint density at radius 3 is 2.86 bits per heavy atom. The Bertz CT molecular complexity index is 972. The number of rotatable bonds is 7. The van der Waals surface area contributed by atoms with Gasteiger partial charge in [0.25, 0.3) is 5.91 Å². The van der Waals surface area contributed by atoms with Crippen LogP contribution in [-0.4, -0.2) is 51.8 Å². The maximum Gasteiger partial charge on any atom is 0.344 e. The first-order valence-corrected chi connectivity index (χ1v) is 10.4. The molecule has 0 spiro atoms. The van der Waals surface area contributed by atoms with E-state index in [1.807, 2.05) is 12.3 Å². The standard InChI is InChI=1S/C19H19N3O5S2/c1-4-26-14-9-12(5-6-13(14)27-11(2)17(24)25)10-15-16(23)22(3)19(29-15)21-18-20-7-8-28-18/h5-11H,4H2,1-3H3,(H,24,25)/b15-10+,21-19+. The number of likely N-dealkylation sites (N-methyl/N-ethyl adjacent to an activating group) is 1. The third-order valence-electron chi connectivity index (χ3n) is 3.83. The summed E-state index contributed by atoms with van der Waals surface area (Å²) in [6.07, 6.45) is 2.39. The van der Waals surface area contributed by atoms with E-state index < -0.39 is 12.1 Å². The average Bonchev–Trinajstić information content (AvgIpc) is 3.28. The van der Waals surface area contributed by atoms with Crippen molar-refractivity contribution in [3.63, 3.8) is 0 Å². The van der Waals surface area contributed by atoms with Crippen LogP contribution < -0.4 is 9.47 Å². The number of amidine groups is 1. The van der Waals surface area contributed by atoms with Crippen molar-refractivity contribution >= 4 is 51.4 Å². The summed E-state index contributed by atoms with van der Waals surface area (Å²) in [7, 11) is 1.67. The zero-order valence-corrected chi connectivity index (χ0v) is 17.6. The first-order chi connectivity index (χ1) is 13.9. The molecule has 10 heteroatoms. The van der Waals surface area contributed by atoms with E-state index >= 15 is 0 Å². The molecule has 1 aliphatic rings. The number of ether oxygens (including phenoxy) is 2. The summed E-state index contributed by atoms with van der Waals surface area (Å²) in [5, 5.41) is 12.0. The van der Waals surface area contributed by atoms with Crippen LogP contribution in [-0.2, 0) is 9.59 Å². The lowest BCUT2D eigenvalue weighted by Gasteiger charge is -2.15. The van der Waals surface area contributed by atoms with Crippen molar-refractivity contribution in [3.8, 4) is 11.5 Å². The van der Waals surface area contributed by atoms with Gasteiger partial charge in [0.05, 0.1) is 11.5 Å². The van der Waals surface area contributed by atoms with Crippen LogP contribution in [0.25, 0.3) is 6.08 Å². The van der Waals surface area contributed by atoms with Crippen molar-refractivity contribution in [1.29, 1.82) is 0 Å². The maximum absolute atomic E-state index is 12.6. The number of thiazole rings is 1. The second-order valence-corrected chi connectivity index (χ2v) is 7.80. The first-order valence-electron chi connectivity index (χ1n) is 8.71. The van der Waals surface area contributed by atoms with Crippen molar-refractivity contribution in [1.82, 2.24) is 9.88 Å². The molecule has 0 saturated carbocycles. The minimum absolute atomic E-state index is 0.164. The normalized spacial score (nSPS) is 17.8. The van der Waals surface area contributed by atoms with Gasteiger partial charge in [-0.25, -0.2) is 9.78 Å². The highest BCUT2D eigenvalue weighted by Crippen LogP contribution is 2.35. The molecule has 29 heavy (non-hydrogen) atoms. The number of carboxylic acid groups (broad SMARTS) is 1. The molecule has 1 aliphatic heterocycles. The summed E-state index contributed by atoms with van der Waals surface area (Å²) < 4.78 is 11.0. The van der Waals surface area contributed by atoms with E-state index in [4.69, 9.17) is 14.6 Å². The highest BCUT2D eigenvalue weighted by atomic mass is 32.2. The number of hydrogen-bond acceptors (Lipinski definition) is 8. The molecule has 1 unspecified atom stereocenters. The first kappa shape index (κ1) is 20.9. The minimum Gasteiger partial charge on any atom is -0.490 e.